The first kappa shape index (κ1) is 14.7. The number of halogens is 2. The normalized spacial score (nSPS) is 11.2. The first-order valence-corrected chi connectivity index (χ1v) is 7.60. The fraction of sp³-hybridized carbons (Fsp3) is 0. The third kappa shape index (κ3) is 3.50. The second kappa shape index (κ2) is 6.25. The maximum atomic E-state index is 12.8. The van der Waals surface area contributed by atoms with Crippen molar-refractivity contribution >= 4 is 50.8 Å². The highest BCUT2D eigenvalue weighted by Gasteiger charge is 2.04. The Balaban J connectivity index is 1.70. The summed E-state index contributed by atoms with van der Waals surface area (Å²) in [6.45, 7) is 0. The molecule has 0 aliphatic heterocycles. The zero-order chi connectivity index (χ0) is 15.5. The predicted octanol–water partition coefficient (Wildman–Crippen LogP) is 4.74. The molecule has 1 heterocycles. The van der Waals surface area contributed by atoms with Crippen molar-refractivity contribution in [2.75, 3.05) is 5.32 Å². The summed E-state index contributed by atoms with van der Waals surface area (Å²) in [7, 11) is 0. The number of nitrogens with one attached hydrogen (secondary N) is 1. The Morgan fingerprint density at radius 1 is 1.23 bits per heavy atom. The molecule has 22 heavy (non-hydrogen) atoms. The van der Waals surface area contributed by atoms with E-state index in [2.05, 4.69) is 10.3 Å². The van der Waals surface area contributed by atoms with Gasteiger partial charge >= 0.3 is 0 Å². The Morgan fingerprint density at radius 2 is 2.00 bits per heavy atom. The molecule has 0 aliphatic carbocycles. The number of aromatic nitrogens is 1. The highest BCUT2D eigenvalue weighted by molar-refractivity contribution is 7.22. The molecule has 0 atom stereocenters. The molecule has 0 spiro atoms. The number of hydrogen-bond acceptors (Lipinski definition) is 3. The van der Waals surface area contributed by atoms with Gasteiger partial charge in [-0.25, -0.2) is 9.37 Å². The standard InChI is InChI=1S/C16H10ClFN2OS/c17-16-20-13-7-6-12(9-14(13)22-16)19-15(21)8-3-10-1-4-11(18)5-2-10/h1-9H,(H,19,21). The number of rotatable bonds is 3. The fourth-order valence-corrected chi connectivity index (χ4v) is 2.97. The van der Waals surface area contributed by atoms with Crippen LogP contribution in [0.15, 0.2) is 48.5 Å². The van der Waals surface area contributed by atoms with Gasteiger partial charge in [0.2, 0.25) is 5.91 Å². The summed E-state index contributed by atoms with van der Waals surface area (Å²) in [4.78, 5) is 16.0. The van der Waals surface area contributed by atoms with Crippen molar-refractivity contribution in [2.24, 2.45) is 0 Å². The average molecular weight is 333 g/mol. The molecule has 1 amide bonds. The molecule has 1 aromatic heterocycles. The van der Waals surface area contributed by atoms with E-state index in [0.717, 1.165) is 15.8 Å². The molecule has 0 radical (unpaired) electrons. The van der Waals surface area contributed by atoms with Crippen molar-refractivity contribution in [3.63, 3.8) is 0 Å². The molecule has 0 saturated heterocycles. The van der Waals surface area contributed by atoms with E-state index in [4.69, 9.17) is 11.6 Å². The Kier molecular flexibility index (Phi) is 4.18. The SMILES string of the molecule is O=C(C=Cc1ccc(F)cc1)Nc1ccc2nc(Cl)sc2c1. The number of anilines is 1. The van der Waals surface area contributed by atoms with Crippen LogP contribution in [0.3, 0.4) is 0 Å². The van der Waals surface area contributed by atoms with E-state index in [9.17, 15) is 9.18 Å². The summed E-state index contributed by atoms with van der Waals surface area (Å²) in [5.41, 5.74) is 2.22. The lowest BCUT2D eigenvalue weighted by molar-refractivity contribution is -0.111. The quantitative estimate of drug-likeness (QED) is 0.704. The van der Waals surface area contributed by atoms with Gasteiger partial charge in [0.05, 0.1) is 10.2 Å². The summed E-state index contributed by atoms with van der Waals surface area (Å²) in [5.74, 6) is -0.572. The number of thiazole rings is 1. The fourth-order valence-electron chi connectivity index (χ4n) is 1.90. The van der Waals surface area contributed by atoms with Crippen molar-refractivity contribution in [3.05, 3.63) is 64.4 Å². The second-order valence-corrected chi connectivity index (χ2v) is 6.14. The summed E-state index contributed by atoms with van der Waals surface area (Å²) in [5, 5.41) is 2.76. The molecule has 6 heteroatoms. The molecular weight excluding hydrogens is 323 g/mol. The van der Waals surface area contributed by atoms with Crippen LogP contribution in [0.4, 0.5) is 10.1 Å². The molecule has 0 fully saturated rings. The molecule has 0 saturated carbocycles. The van der Waals surface area contributed by atoms with Crippen molar-refractivity contribution in [1.29, 1.82) is 0 Å². The molecule has 1 N–H and O–H groups in total. The van der Waals surface area contributed by atoms with Gasteiger partial charge in [-0.1, -0.05) is 23.7 Å². The number of nitrogens with zero attached hydrogens (tertiary/aromatic N) is 1. The van der Waals surface area contributed by atoms with Gasteiger partial charge in [-0.3, -0.25) is 4.79 Å². The lowest BCUT2D eigenvalue weighted by Crippen LogP contribution is -2.07. The molecule has 3 nitrogen and oxygen atoms in total. The Labute approximate surface area is 135 Å². The van der Waals surface area contributed by atoms with Crippen LogP contribution in [0.25, 0.3) is 16.3 Å². The van der Waals surface area contributed by atoms with Gasteiger partial charge in [-0.05, 0) is 42.0 Å². The van der Waals surface area contributed by atoms with Crippen LogP contribution in [0.2, 0.25) is 4.47 Å². The number of benzene rings is 2. The van der Waals surface area contributed by atoms with E-state index in [1.807, 2.05) is 6.07 Å². The van der Waals surface area contributed by atoms with Gasteiger partial charge in [0, 0.05) is 11.8 Å². The summed E-state index contributed by atoms with van der Waals surface area (Å²) >= 11 is 7.21. The minimum Gasteiger partial charge on any atom is -0.322 e. The molecular formula is C16H10ClFN2OS. The maximum absolute atomic E-state index is 12.8. The third-order valence-corrected chi connectivity index (χ3v) is 4.05. The monoisotopic (exact) mass is 332 g/mol. The van der Waals surface area contributed by atoms with Crippen LogP contribution in [0, 0.1) is 5.82 Å². The smallest absolute Gasteiger partial charge is 0.248 e. The Hall–Kier alpha value is -2.24. The van der Waals surface area contributed by atoms with Gasteiger partial charge in [-0.15, -0.1) is 11.3 Å². The van der Waals surface area contributed by atoms with E-state index in [1.165, 1.54) is 29.5 Å². The molecule has 0 unspecified atom stereocenters. The highest BCUT2D eigenvalue weighted by Crippen LogP contribution is 2.27. The van der Waals surface area contributed by atoms with Crippen molar-refractivity contribution in [1.82, 2.24) is 4.98 Å². The van der Waals surface area contributed by atoms with Gasteiger partial charge < -0.3 is 5.32 Å². The number of carbonyl (C=O) groups is 1. The second-order valence-electron chi connectivity index (χ2n) is 4.52. The largest absolute Gasteiger partial charge is 0.322 e. The van der Waals surface area contributed by atoms with Gasteiger partial charge in [0.15, 0.2) is 4.47 Å². The van der Waals surface area contributed by atoms with Crippen LogP contribution in [0.1, 0.15) is 5.56 Å². The van der Waals surface area contributed by atoms with E-state index < -0.39 is 0 Å². The molecule has 0 aliphatic rings. The molecule has 3 rings (SSSR count). The number of carbonyl (C=O) groups excluding carboxylic acids is 1. The summed E-state index contributed by atoms with van der Waals surface area (Å²) in [6, 6.07) is 11.3. The molecule has 110 valence electrons. The zero-order valence-electron chi connectivity index (χ0n) is 11.2. The maximum Gasteiger partial charge on any atom is 0.248 e. The van der Waals surface area contributed by atoms with Crippen LogP contribution < -0.4 is 5.32 Å². The molecule has 3 aromatic rings. The summed E-state index contributed by atoms with van der Waals surface area (Å²) in [6.07, 6.45) is 3.02. The Bertz CT molecular complexity index is 858. The van der Waals surface area contributed by atoms with E-state index >= 15 is 0 Å². The van der Waals surface area contributed by atoms with Crippen LogP contribution >= 0.6 is 22.9 Å². The lowest BCUT2D eigenvalue weighted by atomic mass is 10.2. The molecule has 0 bridgehead atoms. The number of hydrogen-bond donors (Lipinski definition) is 1. The number of fused-ring (bicyclic) bond motifs is 1. The topological polar surface area (TPSA) is 42.0 Å². The highest BCUT2D eigenvalue weighted by atomic mass is 35.5. The van der Waals surface area contributed by atoms with Crippen LogP contribution in [-0.4, -0.2) is 10.9 Å². The van der Waals surface area contributed by atoms with E-state index in [0.29, 0.717) is 10.2 Å². The van der Waals surface area contributed by atoms with Crippen molar-refractivity contribution in [2.45, 2.75) is 0 Å². The minimum atomic E-state index is -0.307. The zero-order valence-corrected chi connectivity index (χ0v) is 12.8. The van der Waals surface area contributed by atoms with E-state index in [-0.39, 0.29) is 11.7 Å². The van der Waals surface area contributed by atoms with Crippen LogP contribution in [-0.2, 0) is 4.79 Å². The third-order valence-electron chi connectivity index (χ3n) is 2.93. The first-order chi connectivity index (χ1) is 10.6. The van der Waals surface area contributed by atoms with Gasteiger partial charge in [-0.2, -0.15) is 0 Å². The van der Waals surface area contributed by atoms with Crippen LogP contribution in [0.5, 0.6) is 0 Å². The minimum absolute atomic E-state index is 0.265. The Morgan fingerprint density at radius 3 is 2.77 bits per heavy atom. The predicted molar refractivity (Wildman–Crippen MR) is 88.7 cm³/mol. The van der Waals surface area contributed by atoms with Gasteiger partial charge in [0.1, 0.15) is 5.82 Å². The lowest BCUT2D eigenvalue weighted by Gasteiger charge is -2.01. The van der Waals surface area contributed by atoms with Gasteiger partial charge in [0.25, 0.3) is 0 Å². The van der Waals surface area contributed by atoms with E-state index in [1.54, 1.807) is 30.3 Å². The first-order valence-electron chi connectivity index (χ1n) is 6.41. The van der Waals surface area contributed by atoms with Crippen molar-refractivity contribution < 1.29 is 9.18 Å². The van der Waals surface area contributed by atoms with Crippen molar-refractivity contribution in [3.8, 4) is 0 Å². The average Bonchev–Trinajstić information content (AvgIpc) is 2.86. The molecule has 2 aromatic carbocycles. The summed E-state index contributed by atoms with van der Waals surface area (Å²) < 4.78 is 14.2. The number of amides is 1.